The topological polar surface area (TPSA) is 226 Å². The largest absolute Gasteiger partial charge is 0.490 e. The Morgan fingerprint density at radius 3 is 2.57 bits per heavy atom. The number of hydrogen-bond donors (Lipinski definition) is 5. The van der Waals surface area contributed by atoms with Crippen LogP contribution in [0, 0.1) is 0 Å². The smallest absolute Gasteiger partial charge is 0.383 e. The van der Waals surface area contributed by atoms with Crippen molar-refractivity contribution in [1.29, 1.82) is 0 Å². The summed E-state index contributed by atoms with van der Waals surface area (Å²) in [5.74, 6) is 0.293. The monoisotopic (exact) mass is 506 g/mol. The minimum atomic E-state index is -5.57. The van der Waals surface area contributed by atoms with E-state index >= 15 is 0 Å². The summed E-state index contributed by atoms with van der Waals surface area (Å²) in [5, 5.41) is 0.460. The number of rotatable bonds is 8. The second kappa shape index (κ2) is 8.58. The molecule has 5 atom stereocenters. The van der Waals surface area contributed by atoms with E-state index in [2.05, 4.69) is 23.1 Å². The van der Waals surface area contributed by atoms with Gasteiger partial charge >= 0.3 is 23.5 Å². The molecule has 19 heteroatoms. The molecule has 2 unspecified atom stereocenters. The lowest BCUT2D eigenvalue weighted by atomic mass is 10.4. The standard InChI is InChI=1S/C11H17N4O11P3S/c1-6-11(15-3-2-7-9(12)13-5-14-10(7)15)24-8(30-6)4-23-28(19,20)26-29(21,22)25-27(16,17)18/h2-3,5-6,8,11H,4H2,1H3,(H,19,20)(H,21,22)(H2,12,13,14)(H2,16,17,18)/t6-,8-,11+/m0/s1. The molecule has 0 aliphatic carbocycles. The van der Waals surface area contributed by atoms with Gasteiger partial charge in [-0.1, -0.05) is 0 Å². The number of nitrogen functional groups attached to an aromatic ring is 1. The van der Waals surface area contributed by atoms with Gasteiger partial charge in [0.2, 0.25) is 0 Å². The maximum absolute atomic E-state index is 11.8. The van der Waals surface area contributed by atoms with Crippen LogP contribution in [0.4, 0.5) is 5.82 Å². The molecule has 0 bridgehead atoms. The third kappa shape index (κ3) is 5.88. The molecule has 0 spiro atoms. The van der Waals surface area contributed by atoms with Gasteiger partial charge in [0.15, 0.2) is 0 Å². The van der Waals surface area contributed by atoms with E-state index < -0.39 is 41.7 Å². The van der Waals surface area contributed by atoms with Gasteiger partial charge in [0.25, 0.3) is 0 Å². The molecule has 2 aromatic heterocycles. The average molecular weight is 506 g/mol. The Kier molecular flexibility index (Phi) is 6.81. The predicted molar refractivity (Wildman–Crippen MR) is 103 cm³/mol. The lowest BCUT2D eigenvalue weighted by molar-refractivity contribution is -0.0118. The van der Waals surface area contributed by atoms with Gasteiger partial charge in [0.05, 0.1) is 17.2 Å². The number of nitrogens with zero attached hydrogens (tertiary/aromatic N) is 3. The van der Waals surface area contributed by atoms with E-state index in [1.807, 2.05) is 6.92 Å². The van der Waals surface area contributed by atoms with E-state index in [4.69, 9.17) is 25.2 Å². The quantitative estimate of drug-likeness (QED) is 0.318. The zero-order valence-electron chi connectivity index (χ0n) is 15.0. The van der Waals surface area contributed by atoms with Crippen molar-refractivity contribution in [2.75, 3.05) is 12.3 Å². The van der Waals surface area contributed by atoms with Crippen molar-refractivity contribution >= 4 is 52.1 Å². The molecule has 15 nitrogen and oxygen atoms in total. The summed E-state index contributed by atoms with van der Waals surface area (Å²) < 4.78 is 53.2. The minimum absolute atomic E-state index is 0.161. The van der Waals surface area contributed by atoms with Gasteiger partial charge in [-0.3, -0.25) is 4.52 Å². The molecule has 30 heavy (non-hydrogen) atoms. The Bertz CT molecular complexity index is 1080. The van der Waals surface area contributed by atoms with Crippen molar-refractivity contribution < 1.29 is 51.2 Å². The van der Waals surface area contributed by atoms with Gasteiger partial charge in [-0.25, -0.2) is 23.7 Å². The normalized spacial score (nSPS) is 26.5. The molecule has 1 aliphatic heterocycles. The Balaban J connectivity index is 1.63. The molecule has 6 N–H and O–H groups in total. The first-order chi connectivity index (χ1) is 13.8. The van der Waals surface area contributed by atoms with Gasteiger partial charge in [-0.15, -0.1) is 11.8 Å². The van der Waals surface area contributed by atoms with Crippen molar-refractivity contribution in [3.63, 3.8) is 0 Å². The molecule has 3 heterocycles. The molecule has 0 aromatic carbocycles. The summed E-state index contributed by atoms with van der Waals surface area (Å²) >= 11 is 1.24. The van der Waals surface area contributed by atoms with Gasteiger partial charge in [-0.05, 0) is 13.0 Å². The van der Waals surface area contributed by atoms with Crippen molar-refractivity contribution in [3.05, 3.63) is 18.6 Å². The number of phosphoric acid groups is 3. The number of nitrogens with two attached hydrogens (primary N) is 1. The third-order valence-corrected chi connectivity index (χ3v) is 8.68. The van der Waals surface area contributed by atoms with E-state index in [0.29, 0.717) is 16.9 Å². The molecule has 1 aliphatic rings. The molecule has 3 rings (SSSR count). The Hall–Kier alpha value is -0.860. The number of anilines is 1. The highest BCUT2D eigenvalue weighted by Crippen LogP contribution is 2.66. The summed E-state index contributed by atoms with van der Waals surface area (Å²) in [6.07, 6.45) is 2.45. The van der Waals surface area contributed by atoms with Crippen LogP contribution in [-0.2, 0) is 31.6 Å². The second-order valence-electron chi connectivity index (χ2n) is 5.90. The van der Waals surface area contributed by atoms with Gasteiger partial charge in [-0.2, -0.15) is 8.62 Å². The first-order valence-electron chi connectivity index (χ1n) is 7.93. The van der Waals surface area contributed by atoms with E-state index in [-0.39, 0.29) is 5.25 Å². The van der Waals surface area contributed by atoms with Crippen LogP contribution in [0.1, 0.15) is 13.2 Å². The molecular weight excluding hydrogens is 489 g/mol. The predicted octanol–water partition coefficient (Wildman–Crippen LogP) is 1.33. The molecule has 0 saturated carbocycles. The molecular formula is C11H17N4O11P3S. The molecule has 168 valence electrons. The fraction of sp³-hybridized carbons (Fsp3) is 0.455. The van der Waals surface area contributed by atoms with Gasteiger partial charge < -0.3 is 34.6 Å². The fourth-order valence-corrected chi connectivity index (χ4v) is 6.88. The molecule has 0 amide bonds. The zero-order chi connectivity index (χ0) is 22.3. The first kappa shape index (κ1) is 23.8. The highest BCUT2D eigenvalue weighted by atomic mass is 32.2. The third-order valence-electron chi connectivity index (χ3n) is 3.66. The highest BCUT2D eigenvalue weighted by molar-refractivity contribution is 8.00. The Labute approximate surface area is 173 Å². The van der Waals surface area contributed by atoms with Crippen molar-refractivity contribution in [2.24, 2.45) is 0 Å². The number of phosphoric ester groups is 1. The number of aromatic nitrogens is 3. The zero-order valence-corrected chi connectivity index (χ0v) is 18.5. The lowest BCUT2D eigenvalue weighted by Gasteiger charge is -2.18. The number of fused-ring (bicyclic) bond motifs is 1. The fourth-order valence-electron chi connectivity index (χ4n) is 2.63. The van der Waals surface area contributed by atoms with Crippen molar-refractivity contribution in [2.45, 2.75) is 23.8 Å². The Morgan fingerprint density at radius 2 is 1.90 bits per heavy atom. The molecule has 1 fully saturated rings. The summed E-state index contributed by atoms with van der Waals surface area (Å²) in [5.41, 5.74) is 5.54. The van der Waals surface area contributed by atoms with Crippen LogP contribution < -0.4 is 5.73 Å². The lowest BCUT2D eigenvalue weighted by Crippen LogP contribution is -2.18. The first-order valence-corrected chi connectivity index (χ1v) is 13.4. The van der Waals surface area contributed by atoms with E-state index in [9.17, 15) is 18.6 Å². The van der Waals surface area contributed by atoms with Crippen LogP contribution in [0.5, 0.6) is 0 Å². The molecule has 1 saturated heterocycles. The van der Waals surface area contributed by atoms with Gasteiger partial charge in [0.1, 0.15) is 29.5 Å². The van der Waals surface area contributed by atoms with Crippen LogP contribution in [0.25, 0.3) is 11.0 Å². The highest BCUT2D eigenvalue weighted by Gasteiger charge is 2.42. The van der Waals surface area contributed by atoms with E-state index in [1.165, 1.54) is 18.1 Å². The summed E-state index contributed by atoms with van der Waals surface area (Å²) in [6.45, 7) is 1.28. The van der Waals surface area contributed by atoms with Crippen molar-refractivity contribution in [1.82, 2.24) is 14.5 Å². The minimum Gasteiger partial charge on any atom is -0.383 e. The van der Waals surface area contributed by atoms with E-state index in [1.54, 1.807) is 16.8 Å². The molecule has 0 radical (unpaired) electrons. The van der Waals surface area contributed by atoms with Crippen LogP contribution >= 0.6 is 35.2 Å². The maximum atomic E-state index is 11.8. The summed E-state index contributed by atoms with van der Waals surface area (Å²) in [4.78, 5) is 43.8. The SMILES string of the molecule is C[C@@H]1S[C@@H](COP(=O)(O)OP(=O)(O)OP(=O)(O)O)O[C@H]1n1ccc2c(N)ncnc21. The Morgan fingerprint density at radius 1 is 1.20 bits per heavy atom. The average Bonchev–Trinajstić information content (AvgIpc) is 3.13. The van der Waals surface area contributed by atoms with Crippen LogP contribution in [0.15, 0.2) is 18.6 Å². The van der Waals surface area contributed by atoms with Gasteiger partial charge in [0, 0.05) is 6.20 Å². The summed E-state index contributed by atoms with van der Waals surface area (Å²) in [6, 6.07) is 1.71. The molecule has 2 aromatic rings. The summed E-state index contributed by atoms with van der Waals surface area (Å²) in [7, 11) is -16.2. The van der Waals surface area contributed by atoms with Crippen LogP contribution in [0.2, 0.25) is 0 Å². The number of thioether (sulfide) groups is 1. The van der Waals surface area contributed by atoms with E-state index in [0.717, 1.165) is 0 Å². The van der Waals surface area contributed by atoms with Crippen molar-refractivity contribution in [3.8, 4) is 0 Å². The number of hydrogen-bond acceptors (Lipinski definition) is 11. The number of ether oxygens (including phenoxy) is 1. The maximum Gasteiger partial charge on any atom is 0.490 e. The second-order valence-corrected chi connectivity index (χ2v) is 11.9. The van der Waals surface area contributed by atoms with Crippen LogP contribution in [0.3, 0.4) is 0 Å². The van der Waals surface area contributed by atoms with Crippen LogP contribution in [-0.4, -0.2) is 51.4 Å².